The van der Waals surface area contributed by atoms with Crippen molar-refractivity contribution in [2.75, 3.05) is 7.11 Å². The second-order valence-corrected chi connectivity index (χ2v) is 4.96. The molecule has 0 fully saturated rings. The third-order valence-corrected chi connectivity index (χ3v) is 3.33. The molecule has 0 aliphatic carbocycles. The van der Waals surface area contributed by atoms with Crippen LogP contribution in [0.15, 0.2) is 24.3 Å². The molecule has 0 unspecified atom stereocenters. The first kappa shape index (κ1) is 15.4. The van der Waals surface area contributed by atoms with Crippen molar-refractivity contribution < 1.29 is 14.6 Å². The largest absolute Gasteiger partial charge is 0.497 e. The Morgan fingerprint density at radius 2 is 2.10 bits per heavy atom. The molecule has 5 heteroatoms. The maximum Gasteiger partial charge on any atom is 0.130 e. The predicted molar refractivity (Wildman–Crippen MR) is 80.6 cm³/mol. The SMILES string of the molecule is CCn1nc(C)cc1COc1cc(OC)ccc1[C@@H](C)O. The van der Waals surface area contributed by atoms with Crippen LogP contribution in [0.4, 0.5) is 0 Å². The van der Waals surface area contributed by atoms with Gasteiger partial charge in [-0.05, 0) is 39.0 Å². The Labute approximate surface area is 125 Å². The Morgan fingerprint density at radius 3 is 2.71 bits per heavy atom. The summed E-state index contributed by atoms with van der Waals surface area (Å²) in [6.07, 6.45) is -0.594. The van der Waals surface area contributed by atoms with Crippen LogP contribution in [0.3, 0.4) is 0 Å². The van der Waals surface area contributed by atoms with E-state index in [1.165, 1.54) is 0 Å². The van der Waals surface area contributed by atoms with Gasteiger partial charge in [-0.25, -0.2) is 0 Å². The lowest BCUT2D eigenvalue weighted by molar-refractivity contribution is 0.189. The lowest BCUT2D eigenvalue weighted by Crippen LogP contribution is -2.07. The first-order valence-corrected chi connectivity index (χ1v) is 7.07. The fraction of sp³-hybridized carbons (Fsp3) is 0.438. The molecule has 0 amide bonds. The molecule has 1 N–H and O–H groups in total. The molecule has 0 aliphatic heterocycles. The van der Waals surface area contributed by atoms with Gasteiger partial charge in [0, 0.05) is 18.2 Å². The Hall–Kier alpha value is -2.01. The maximum atomic E-state index is 9.83. The summed E-state index contributed by atoms with van der Waals surface area (Å²) < 4.78 is 13.0. The monoisotopic (exact) mass is 290 g/mol. The highest BCUT2D eigenvalue weighted by Crippen LogP contribution is 2.30. The molecule has 2 rings (SSSR count). The van der Waals surface area contributed by atoms with Gasteiger partial charge in [-0.15, -0.1) is 0 Å². The van der Waals surface area contributed by atoms with E-state index >= 15 is 0 Å². The first-order valence-electron chi connectivity index (χ1n) is 7.07. The van der Waals surface area contributed by atoms with E-state index in [1.807, 2.05) is 36.7 Å². The summed E-state index contributed by atoms with van der Waals surface area (Å²) in [5.74, 6) is 1.33. The molecule has 2 aromatic rings. The highest BCUT2D eigenvalue weighted by atomic mass is 16.5. The molecule has 0 saturated heterocycles. The van der Waals surface area contributed by atoms with E-state index in [0.717, 1.165) is 23.5 Å². The Morgan fingerprint density at radius 1 is 1.33 bits per heavy atom. The van der Waals surface area contributed by atoms with Crippen LogP contribution >= 0.6 is 0 Å². The van der Waals surface area contributed by atoms with E-state index in [1.54, 1.807) is 20.1 Å². The summed E-state index contributed by atoms with van der Waals surface area (Å²) in [5, 5.41) is 14.2. The predicted octanol–water partition coefficient (Wildman–Crippen LogP) is 2.85. The number of benzene rings is 1. The van der Waals surface area contributed by atoms with Crippen molar-refractivity contribution >= 4 is 0 Å². The highest BCUT2D eigenvalue weighted by molar-refractivity contribution is 5.41. The van der Waals surface area contributed by atoms with Crippen molar-refractivity contribution in [3.63, 3.8) is 0 Å². The Bertz CT molecular complexity index is 606. The molecule has 0 bridgehead atoms. The zero-order valence-electron chi connectivity index (χ0n) is 13.0. The molecule has 5 nitrogen and oxygen atoms in total. The fourth-order valence-electron chi connectivity index (χ4n) is 2.25. The van der Waals surface area contributed by atoms with Crippen molar-refractivity contribution in [1.82, 2.24) is 9.78 Å². The lowest BCUT2D eigenvalue weighted by atomic mass is 10.1. The van der Waals surface area contributed by atoms with Gasteiger partial charge in [-0.3, -0.25) is 4.68 Å². The van der Waals surface area contributed by atoms with E-state index in [-0.39, 0.29) is 0 Å². The van der Waals surface area contributed by atoms with Gasteiger partial charge in [-0.1, -0.05) is 0 Å². The third kappa shape index (κ3) is 3.55. The van der Waals surface area contributed by atoms with E-state index in [4.69, 9.17) is 9.47 Å². The van der Waals surface area contributed by atoms with Crippen molar-refractivity contribution in [3.05, 3.63) is 41.2 Å². The summed E-state index contributed by atoms with van der Waals surface area (Å²) in [6, 6.07) is 7.43. The van der Waals surface area contributed by atoms with Gasteiger partial charge in [0.1, 0.15) is 18.1 Å². The van der Waals surface area contributed by atoms with Gasteiger partial charge in [0.25, 0.3) is 0 Å². The van der Waals surface area contributed by atoms with E-state index in [2.05, 4.69) is 5.10 Å². The summed E-state index contributed by atoms with van der Waals surface area (Å²) in [7, 11) is 1.61. The van der Waals surface area contributed by atoms with Gasteiger partial charge >= 0.3 is 0 Å². The van der Waals surface area contributed by atoms with Crippen LogP contribution in [0.1, 0.15) is 36.9 Å². The standard InChI is InChI=1S/C16H22N2O3/c1-5-18-13(8-11(2)17-18)10-21-16-9-14(20-4)6-7-15(16)12(3)19/h6-9,12,19H,5,10H2,1-4H3/t12-/m1/s1. The molecule has 0 spiro atoms. The van der Waals surface area contributed by atoms with Gasteiger partial charge in [-0.2, -0.15) is 5.10 Å². The Kier molecular flexibility index (Phi) is 4.85. The Balaban J connectivity index is 2.21. The van der Waals surface area contributed by atoms with Gasteiger partial charge in [0.2, 0.25) is 0 Å². The minimum absolute atomic E-state index is 0.404. The summed E-state index contributed by atoms with van der Waals surface area (Å²) >= 11 is 0. The average Bonchev–Trinajstić information content (AvgIpc) is 2.84. The summed E-state index contributed by atoms with van der Waals surface area (Å²) in [6.45, 7) is 6.93. The molecule has 1 aromatic carbocycles. The van der Waals surface area contributed by atoms with Crippen LogP contribution in [-0.4, -0.2) is 22.0 Å². The number of aryl methyl sites for hydroxylation is 2. The minimum Gasteiger partial charge on any atom is -0.497 e. The number of hydrogen-bond acceptors (Lipinski definition) is 4. The van der Waals surface area contributed by atoms with Gasteiger partial charge in [0.05, 0.1) is 24.6 Å². The molecule has 1 heterocycles. The number of aromatic nitrogens is 2. The van der Waals surface area contributed by atoms with E-state index in [9.17, 15) is 5.11 Å². The molecule has 0 aliphatic rings. The minimum atomic E-state index is -0.594. The highest BCUT2D eigenvalue weighted by Gasteiger charge is 2.12. The second-order valence-electron chi connectivity index (χ2n) is 4.96. The van der Waals surface area contributed by atoms with Gasteiger partial charge in [0.15, 0.2) is 0 Å². The number of aliphatic hydroxyl groups is 1. The number of nitrogens with zero attached hydrogens (tertiary/aromatic N) is 2. The zero-order chi connectivity index (χ0) is 15.4. The van der Waals surface area contributed by atoms with Crippen molar-refractivity contribution in [3.8, 4) is 11.5 Å². The molecule has 1 aromatic heterocycles. The molecule has 114 valence electrons. The smallest absolute Gasteiger partial charge is 0.130 e. The van der Waals surface area contributed by atoms with Crippen molar-refractivity contribution in [2.24, 2.45) is 0 Å². The van der Waals surface area contributed by atoms with E-state index < -0.39 is 6.10 Å². The molecular weight excluding hydrogens is 268 g/mol. The fourth-order valence-corrected chi connectivity index (χ4v) is 2.25. The average molecular weight is 290 g/mol. The molecular formula is C16H22N2O3. The summed E-state index contributed by atoms with van der Waals surface area (Å²) in [5.41, 5.74) is 2.72. The number of hydrogen-bond donors (Lipinski definition) is 1. The van der Waals surface area contributed by atoms with Crippen LogP contribution < -0.4 is 9.47 Å². The van der Waals surface area contributed by atoms with Crippen LogP contribution in [0, 0.1) is 6.92 Å². The third-order valence-electron chi connectivity index (χ3n) is 3.33. The van der Waals surface area contributed by atoms with Crippen LogP contribution in [0.25, 0.3) is 0 Å². The summed E-state index contributed by atoms with van der Waals surface area (Å²) in [4.78, 5) is 0. The topological polar surface area (TPSA) is 56.5 Å². The van der Waals surface area contributed by atoms with Crippen LogP contribution in [0.5, 0.6) is 11.5 Å². The molecule has 1 atom stereocenters. The molecule has 21 heavy (non-hydrogen) atoms. The number of methoxy groups -OCH3 is 1. The van der Waals surface area contributed by atoms with Crippen LogP contribution in [0.2, 0.25) is 0 Å². The lowest BCUT2D eigenvalue weighted by Gasteiger charge is -2.15. The molecule has 0 saturated carbocycles. The normalized spacial score (nSPS) is 12.2. The maximum absolute atomic E-state index is 9.83. The quantitative estimate of drug-likeness (QED) is 0.889. The second kappa shape index (κ2) is 6.63. The van der Waals surface area contributed by atoms with Crippen molar-refractivity contribution in [1.29, 1.82) is 0 Å². The van der Waals surface area contributed by atoms with Gasteiger partial charge < -0.3 is 14.6 Å². The first-order chi connectivity index (χ1) is 10.0. The number of ether oxygens (including phenoxy) is 2. The van der Waals surface area contributed by atoms with E-state index in [0.29, 0.717) is 18.1 Å². The number of rotatable bonds is 6. The number of aliphatic hydroxyl groups excluding tert-OH is 1. The molecule has 0 radical (unpaired) electrons. The zero-order valence-corrected chi connectivity index (χ0v) is 13.0. The van der Waals surface area contributed by atoms with Crippen LogP contribution in [-0.2, 0) is 13.2 Å². The van der Waals surface area contributed by atoms with Crippen molar-refractivity contribution in [2.45, 2.75) is 40.0 Å².